The summed E-state index contributed by atoms with van der Waals surface area (Å²) >= 11 is 0. The van der Waals surface area contributed by atoms with Crippen molar-refractivity contribution in [3.8, 4) is 5.75 Å². The number of ether oxygens (including phenoxy) is 2. The molecule has 5 atom stereocenters. The molecule has 9 heteroatoms. The third-order valence-electron chi connectivity index (χ3n) is 7.72. The van der Waals surface area contributed by atoms with E-state index in [1.54, 1.807) is 12.1 Å². The van der Waals surface area contributed by atoms with E-state index in [4.69, 9.17) is 18.3 Å². The molecule has 0 saturated carbocycles. The van der Waals surface area contributed by atoms with Gasteiger partial charge in [-0.05, 0) is 40.0 Å². The number of hydrogen-bond acceptors (Lipinski definition) is 8. The van der Waals surface area contributed by atoms with E-state index in [9.17, 15) is 20.1 Å². The third kappa shape index (κ3) is 5.61. The van der Waals surface area contributed by atoms with Crippen LogP contribution in [0.3, 0.4) is 0 Å². The fourth-order valence-electron chi connectivity index (χ4n) is 5.63. The van der Waals surface area contributed by atoms with Crippen LogP contribution in [0.4, 0.5) is 0 Å². The molecule has 1 aliphatic rings. The molecule has 0 unspecified atom stereocenters. The molecular weight excluding hydrogens is 540 g/mol. The minimum atomic E-state index is -2.96. The predicted octanol–water partition coefficient (Wildman–Crippen LogP) is 2.86. The Morgan fingerprint density at radius 1 is 0.829 bits per heavy atom. The van der Waals surface area contributed by atoms with Crippen LogP contribution in [0.5, 0.6) is 5.75 Å². The Morgan fingerprint density at radius 3 is 2.02 bits per heavy atom. The summed E-state index contributed by atoms with van der Waals surface area (Å²) in [6.07, 6.45) is -6.80. The van der Waals surface area contributed by atoms with Crippen molar-refractivity contribution in [2.45, 2.75) is 63.4 Å². The van der Waals surface area contributed by atoms with Gasteiger partial charge >= 0.3 is 5.63 Å². The zero-order chi connectivity index (χ0) is 29.4. The van der Waals surface area contributed by atoms with Gasteiger partial charge in [0.25, 0.3) is 8.32 Å². The Bertz CT molecular complexity index is 1490. The highest BCUT2D eigenvalue weighted by Gasteiger charge is 2.52. The second-order valence-electron chi connectivity index (χ2n) is 11.5. The van der Waals surface area contributed by atoms with E-state index >= 15 is 0 Å². The molecule has 1 aliphatic heterocycles. The van der Waals surface area contributed by atoms with Crippen LogP contribution in [0.1, 0.15) is 26.3 Å². The number of hydrogen-bond donors (Lipinski definition) is 3. The topological polar surface area (TPSA) is 119 Å². The van der Waals surface area contributed by atoms with E-state index in [0.717, 1.165) is 21.3 Å². The maximum absolute atomic E-state index is 11.9. The first-order valence-corrected chi connectivity index (χ1v) is 15.6. The number of fused-ring (bicyclic) bond motifs is 1. The molecule has 3 aromatic carbocycles. The summed E-state index contributed by atoms with van der Waals surface area (Å²) < 4.78 is 24.2. The van der Waals surface area contributed by atoms with Crippen LogP contribution < -0.4 is 20.7 Å². The third-order valence-corrected chi connectivity index (χ3v) is 12.7. The van der Waals surface area contributed by atoms with Gasteiger partial charge in [0.05, 0.1) is 6.61 Å². The van der Waals surface area contributed by atoms with Crippen LogP contribution in [0.2, 0.25) is 5.04 Å². The van der Waals surface area contributed by atoms with E-state index in [-0.39, 0.29) is 17.4 Å². The second kappa shape index (κ2) is 11.5. The van der Waals surface area contributed by atoms with E-state index in [1.165, 1.54) is 12.1 Å². The number of rotatable bonds is 7. The first kappa shape index (κ1) is 29.2. The predicted molar refractivity (Wildman–Crippen MR) is 158 cm³/mol. The molecule has 0 spiro atoms. The molecule has 2 heterocycles. The summed E-state index contributed by atoms with van der Waals surface area (Å²) in [6, 6.07) is 26.5. The average molecular weight is 577 g/mol. The number of aryl methyl sites for hydroxylation is 1. The Hall–Kier alpha value is -3.31. The Morgan fingerprint density at radius 2 is 1.44 bits per heavy atom. The molecule has 8 nitrogen and oxygen atoms in total. The fourth-order valence-corrected chi connectivity index (χ4v) is 10.2. The van der Waals surface area contributed by atoms with Gasteiger partial charge in [-0.25, -0.2) is 4.79 Å². The minimum Gasteiger partial charge on any atom is -0.462 e. The Labute approximate surface area is 239 Å². The molecule has 4 aromatic rings. The molecule has 0 aliphatic carbocycles. The van der Waals surface area contributed by atoms with Crippen molar-refractivity contribution in [3.63, 3.8) is 0 Å². The number of aliphatic hydroxyl groups is 3. The van der Waals surface area contributed by atoms with E-state index in [1.807, 2.05) is 43.3 Å². The van der Waals surface area contributed by atoms with Crippen molar-refractivity contribution in [1.29, 1.82) is 0 Å². The lowest BCUT2D eigenvalue weighted by atomic mass is 9.99. The molecule has 0 radical (unpaired) electrons. The van der Waals surface area contributed by atoms with Gasteiger partial charge in [0.15, 0.2) is 0 Å². The van der Waals surface area contributed by atoms with Crippen molar-refractivity contribution in [2.75, 3.05) is 6.61 Å². The highest BCUT2D eigenvalue weighted by atomic mass is 28.4. The largest absolute Gasteiger partial charge is 0.462 e. The van der Waals surface area contributed by atoms with Gasteiger partial charge in [0, 0.05) is 17.5 Å². The molecule has 1 fully saturated rings. The second-order valence-corrected chi connectivity index (χ2v) is 15.8. The first-order chi connectivity index (χ1) is 19.5. The van der Waals surface area contributed by atoms with Crippen LogP contribution in [-0.2, 0) is 9.16 Å². The van der Waals surface area contributed by atoms with Crippen LogP contribution in [0.25, 0.3) is 11.0 Å². The zero-order valence-electron chi connectivity index (χ0n) is 23.6. The zero-order valence-corrected chi connectivity index (χ0v) is 24.6. The summed E-state index contributed by atoms with van der Waals surface area (Å²) in [6.45, 7) is 8.18. The quantitative estimate of drug-likeness (QED) is 0.227. The van der Waals surface area contributed by atoms with E-state index < -0.39 is 44.6 Å². The Balaban J connectivity index is 1.44. The Kier molecular flexibility index (Phi) is 8.20. The van der Waals surface area contributed by atoms with Crippen molar-refractivity contribution in [2.24, 2.45) is 0 Å². The van der Waals surface area contributed by atoms with Crippen molar-refractivity contribution >= 4 is 29.7 Å². The van der Waals surface area contributed by atoms with Gasteiger partial charge in [0.2, 0.25) is 6.29 Å². The van der Waals surface area contributed by atoms with Gasteiger partial charge in [0.1, 0.15) is 35.7 Å². The molecule has 0 amide bonds. The average Bonchev–Trinajstić information content (AvgIpc) is 2.94. The molecule has 0 bridgehead atoms. The molecule has 3 N–H and O–H groups in total. The first-order valence-electron chi connectivity index (χ1n) is 13.7. The van der Waals surface area contributed by atoms with Gasteiger partial charge in [-0.1, -0.05) is 81.4 Å². The highest BCUT2D eigenvalue weighted by molar-refractivity contribution is 6.99. The SMILES string of the molecule is Cc1cc(=O)oc2cc(O[C@H]3O[C@@H](CO[Si](c4ccccc4)(c4ccccc4)C(C)(C)C)[C@H](O)[C@@H](O)[C@H]3O)ccc12. The monoisotopic (exact) mass is 576 g/mol. The molecule has 41 heavy (non-hydrogen) atoms. The summed E-state index contributed by atoms with van der Waals surface area (Å²) in [4.78, 5) is 11.9. The highest BCUT2D eigenvalue weighted by Crippen LogP contribution is 2.37. The number of benzene rings is 3. The summed E-state index contributed by atoms with van der Waals surface area (Å²) in [5.41, 5.74) is 0.598. The minimum absolute atomic E-state index is 0.0517. The lowest BCUT2D eigenvalue weighted by Gasteiger charge is -2.45. The van der Waals surface area contributed by atoms with Gasteiger partial charge in [-0.3, -0.25) is 0 Å². The lowest BCUT2D eigenvalue weighted by molar-refractivity contribution is -0.276. The van der Waals surface area contributed by atoms with Crippen molar-refractivity contribution in [3.05, 3.63) is 101 Å². The van der Waals surface area contributed by atoms with Crippen LogP contribution in [-0.4, -0.2) is 60.9 Å². The van der Waals surface area contributed by atoms with Gasteiger partial charge in [-0.2, -0.15) is 0 Å². The van der Waals surface area contributed by atoms with E-state index in [2.05, 4.69) is 45.0 Å². The molecular formula is C32H36O8Si. The van der Waals surface area contributed by atoms with Gasteiger partial charge in [-0.15, -0.1) is 0 Å². The normalized spacial score (nSPS) is 23.4. The standard InChI is InChI=1S/C32H36O8Si/c1-20-17-27(33)39-25-18-21(15-16-24(20)25)38-31-30(36)29(35)28(34)26(40-31)19-37-41(32(2,3)4,22-11-7-5-8-12-22)23-13-9-6-10-14-23/h5-18,26,28-31,34-36H,19H2,1-4H3/t26-,28-,29+,30+,31-/m0/s1. The molecule has 1 saturated heterocycles. The van der Waals surface area contributed by atoms with Crippen molar-refractivity contribution in [1.82, 2.24) is 0 Å². The molecule has 216 valence electrons. The van der Waals surface area contributed by atoms with Crippen LogP contribution in [0.15, 0.2) is 94.1 Å². The maximum atomic E-state index is 11.9. The fraction of sp³-hybridized carbons (Fsp3) is 0.344. The van der Waals surface area contributed by atoms with Crippen molar-refractivity contribution < 1.29 is 33.6 Å². The maximum Gasteiger partial charge on any atom is 0.336 e. The summed E-state index contributed by atoms with van der Waals surface area (Å²) in [5.74, 6) is 0.269. The summed E-state index contributed by atoms with van der Waals surface area (Å²) in [7, 11) is -2.96. The van der Waals surface area contributed by atoms with Gasteiger partial charge < -0.3 is 33.6 Å². The van der Waals surface area contributed by atoms with Crippen LogP contribution in [0, 0.1) is 6.92 Å². The smallest absolute Gasteiger partial charge is 0.336 e. The van der Waals surface area contributed by atoms with E-state index in [0.29, 0.717) is 5.58 Å². The lowest BCUT2D eigenvalue weighted by Crippen LogP contribution is -2.68. The summed E-state index contributed by atoms with van der Waals surface area (Å²) in [5, 5.41) is 35.0. The molecule has 1 aromatic heterocycles. The number of aliphatic hydroxyl groups excluding tert-OH is 3. The van der Waals surface area contributed by atoms with Crippen LogP contribution >= 0.6 is 0 Å². The molecule has 5 rings (SSSR count).